The van der Waals surface area contributed by atoms with Crippen molar-refractivity contribution >= 4 is 5.97 Å². The fourth-order valence-corrected chi connectivity index (χ4v) is 1.16. The number of carbonyl (C=O) groups is 1. The lowest BCUT2D eigenvalue weighted by Crippen LogP contribution is -2.00. The Kier molecular flexibility index (Phi) is 4.87. The third-order valence-corrected chi connectivity index (χ3v) is 1.73. The molecule has 0 saturated carbocycles. The molecule has 0 saturated heterocycles. The Labute approximate surface area is 100 Å². The van der Waals surface area contributed by atoms with Crippen LogP contribution in [0.2, 0.25) is 0 Å². The summed E-state index contributed by atoms with van der Waals surface area (Å²) in [4.78, 5) is 14.6. The number of pyridine rings is 1. The van der Waals surface area contributed by atoms with E-state index in [1.54, 1.807) is 23.3 Å². The van der Waals surface area contributed by atoms with E-state index in [1.807, 2.05) is 26.0 Å². The molecule has 2 heterocycles. The maximum Gasteiger partial charge on any atom is 0.308 e. The lowest BCUT2D eigenvalue weighted by Gasteiger charge is -1.98. The number of hydrogen-bond acceptors (Lipinski definition) is 4. The van der Waals surface area contributed by atoms with Crippen molar-refractivity contribution in [1.82, 2.24) is 14.8 Å². The molecule has 2 aromatic rings. The monoisotopic (exact) mass is 233 g/mol. The first-order valence-corrected chi connectivity index (χ1v) is 5.39. The number of aromatic nitrogens is 3. The lowest BCUT2D eigenvalue weighted by atomic mass is 10.4. The van der Waals surface area contributed by atoms with E-state index in [9.17, 15) is 4.79 Å². The Balaban J connectivity index is 0.000000686. The van der Waals surface area contributed by atoms with Gasteiger partial charge in [0, 0.05) is 13.1 Å². The van der Waals surface area contributed by atoms with Gasteiger partial charge in [0.15, 0.2) is 5.75 Å². The van der Waals surface area contributed by atoms with Crippen LogP contribution >= 0.6 is 0 Å². The van der Waals surface area contributed by atoms with Crippen molar-refractivity contribution in [1.29, 1.82) is 0 Å². The van der Waals surface area contributed by atoms with Gasteiger partial charge in [-0.2, -0.15) is 5.10 Å². The second-order valence-electron chi connectivity index (χ2n) is 2.93. The Morgan fingerprint density at radius 1 is 1.35 bits per heavy atom. The maximum absolute atomic E-state index is 10.7. The minimum Gasteiger partial charge on any atom is -0.423 e. The van der Waals surface area contributed by atoms with E-state index in [4.69, 9.17) is 4.74 Å². The zero-order valence-corrected chi connectivity index (χ0v) is 10.1. The van der Waals surface area contributed by atoms with Crippen LogP contribution in [0.15, 0.2) is 36.9 Å². The summed E-state index contributed by atoms with van der Waals surface area (Å²) in [6, 6.07) is 3.67. The molecule has 0 aliphatic heterocycles. The predicted molar refractivity (Wildman–Crippen MR) is 64.0 cm³/mol. The first-order chi connectivity index (χ1) is 8.25. The Hall–Kier alpha value is -2.17. The average Bonchev–Trinajstić information content (AvgIpc) is 2.80. The summed E-state index contributed by atoms with van der Waals surface area (Å²) in [6.45, 7) is 5.35. The van der Waals surface area contributed by atoms with Gasteiger partial charge in [0.05, 0.1) is 24.3 Å². The molecule has 0 aliphatic carbocycles. The quantitative estimate of drug-likeness (QED) is 0.746. The molecule has 0 aromatic carbocycles. The molecule has 90 valence electrons. The van der Waals surface area contributed by atoms with Gasteiger partial charge in [0.2, 0.25) is 0 Å². The molecule has 5 nitrogen and oxygen atoms in total. The molecule has 0 unspecified atom stereocenters. The summed E-state index contributed by atoms with van der Waals surface area (Å²) in [5, 5.41) is 4.04. The van der Waals surface area contributed by atoms with E-state index < -0.39 is 0 Å². The minimum atomic E-state index is -0.360. The zero-order chi connectivity index (χ0) is 12.7. The van der Waals surface area contributed by atoms with Gasteiger partial charge in [-0.25, -0.2) is 4.68 Å². The van der Waals surface area contributed by atoms with E-state index in [0.717, 1.165) is 5.69 Å². The smallest absolute Gasteiger partial charge is 0.308 e. The zero-order valence-electron chi connectivity index (χ0n) is 10.1. The van der Waals surface area contributed by atoms with Crippen molar-refractivity contribution in [2.75, 3.05) is 0 Å². The second-order valence-corrected chi connectivity index (χ2v) is 2.93. The van der Waals surface area contributed by atoms with Crippen LogP contribution in [0, 0.1) is 0 Å². The van der Waals surface area contributed by atoms with Crippen molar-refractivity contribution in [3.63, 3.8) is 0 Å². The van der Waals surface area contributed by atoms with Gasteiger partial charge in [-0.05, 0) is 12.1 Å². The summed E-state index contributed by atoms with van der Waals surface area (Å²) < 4.78 is 6.46. The largest absolute Gasteiger partial charge is 0.423 e. The highest BCUT2D eigenvalue weighted by Crippen LogP contribution is 2.12. The maximum atomic E-state index is 10.7. The minimum absolute atomic E-state index is 0.360. The number of carbonyl (C=O) groups excluding carboxylic acids is 1. The van der Waals surface area contributed by atoms with Gasteiger partial charge in [0.1, 0.15) is 0 Å². The van der Waals surface area contributed by atoms with Gasteiger partial charge >= 0.3 is 5.97 Å². The molecule has 0 aliphatic rings. The highest BCUT2D eigenvalue weighted by Gasteiger charge is 2.03. The first-order valence-electron chi connectivity index (χ1n) is 5.39. The van der Waals surface area contributed by atoms with E-state index in [1.165, 1.54) is 13.1 Å². The Morgan fingerprint density at radius 3 is 2.71 bits per heavy atom. The van der Waals surface area contributed by atoms with Gasteiger partial charge in [-0.1, -0.05) is 13.8 Å². The molecular weight excluding hydrogens is 218 g/mol. The van der Waals surface area contributed by atoms with E-state index >= 15 is 0 Å². The standard InChI is InChI=1S/C10H9N3O2.C2H6/c1-8(14)15-10-6-12-13(7-10)9-3-2-4-11-5-9;1-2/h2-7H,1H3;1-2H3. The van der Waals surface area contributed by atoms with Crippen molar-refractivity contribution in [2.24, 2.45) is 0 Å². The van der Waals surface area contributed by atoms with Crippen molar-refractivity contribution in [3.8, 4) is 11.4 Å². The number of esters is 1. The van der Waals surface area contributed by atoms with Crippen LogP contribution in [0.3, 0.4) is 0 Å². The van der Waals surface area contributed by atoms with Gasteiger partial charge in [0.25, 0.3) is 0 Å². The lowest BCUT2D eigenvalue weighted by molar-refractivity contribution is -0.131. The van der Waals surface area contributed by atoms with E-state index in [-0.39, 0.29) is 5.97 Å². The highest BCUT2D eigenvalue weighted by atomic mass is 16.5. The predicted octanol–water partition coefficient (Wildman–Crippen LogP) is 2.22. The van der Waals surface area contributed by atoms with E-state index in [2.05, 4.69) is 10.1 Å². The molecule has 0 radical (unpaired) electrons. The van der Waals surface area contributed by atoms with Crippen LogP contribution in [0.25, 0.3) is 5.69 Å². The fourth-order valence-electron chi connectivity index (χ4n) is 1.16. The van der Waals surface area contributed by atoms with Crippen LogP contribution in [-0.2, 0) is 4.79 Å². The number of rotatable bonds is 2. The number of nitrogens with zero attached hydrogens (tertiary/aromatic N) is 3. The summed E-state index contributed by atoms with van der Waals surface area (Å²) in [5.74, 6) is 0.0621. The summed E-state index contributed by atoms with van der Waals surface area (Å²) in [7, 11) is 0. The van der Waals surface area contributed by atoms with Crippen LogP contribution in [-0.4, -0.2) is 20.7 Å². The SMILES string of the molecule is CC.CC(=O)Oc1cnn(-c2cccnc2)c1. The third-order valence-electron chi connectivity index (χ3n) is 1.73. The first kappa shape index (κ1) is 12.9. The second kappa shape index (κ2) is 6.42. The molecule has 0 bridgehead atoms. The normalized spacial score (nSPS) is 9.12. The molecule has 0 N–H and O–H groups in total. The summed E-state index contributed by atoms with van der Waals surface area (Å²) in [5.41, 5.74) is 0.816. The Bertz CT molecular complexity index is 466. The summed E-state index contributed by atoms with van der Waals surface area (Å²) >= 11 is 0. The Morgan fingerprint density at radius 2 is 2.12 bits per heavy atom. The van der Waals surface area contributed by atoms with Crippen LogP contribution in [0.1, 0.15) is 20.8 Å². The van der Waals surface area contributed by atoms with Crippen molar-refractivity contribution < 1.29 is 9.53 Å². The third kappa shape index (κ3) is 3.71. The number of ether oxygens (including phenoxy) is 1. The van der Waals surface area contributed by atoms with Gasteiger partial charge in [-0.15, -0.1) is 0 Å². The van der Waals surface area contributed by atoms with Gasteiger partial charge < -0.3 is 4.74 Å². The van der Waals surface area contributed by atoms with Crippen molar-refractivity contribution in [3.05, 3.63) is 36.9 Å². The highest BCUT2D eigenvalue weighted by molar-refractivity contribution is 5.69. The topological polar surface area (TPSA) is 57.0 Å². The van der Waals surface area contributed by atoms with Crippen LogP contribution in [0.4, 0.5) is 0 Å². The average molecular weight is 233 g/mol. The number of hydrogen-bond donors (Lipinski definition) is 0. The van der Waals surface area contributed by atoms with Gasteiger partial charge in [-0.3, -0.25) is 9.78 Å². The molecular formula is C12H15N3O2. The fraction of sp³-hybridized carbons (Fsp3) is 0.250. The molecule has 0 spiro atoms. The van der Waals surface area contributed by atoms with Crippen LogP contribution < -0.4 is 4.74 Å². The molecule has 0 fully saturated rings. The molecule has 0 atom stereocenters. The van der Waals surface area contributed by atoms with Crippen LogP contribution in [0.5, 0.6) is 5.75 Å². The molecule has 0 amide bonds. The summed E-state index contributed by atoms with van der Waals surface area (Å²) in [6.07, 6.45) is 6.46. The van der Waals surface area contributed by atoms with E-state index in [0.29, 0.717) is 5.75 Å². The molecule has 2 rings (SSSR count). The molecule has 17 heavy (non-hydrogen) atoms. The molecule has 5 heteroatoms. The molecule has 2 aromatic heterocycles. The van der Waals surface area contributed by atoms with Crippen molar-refractivity contribution in [2.45, 2.75) is 20.8 Å².